The van der Waals surface area contributed by atoms with Gasteiger partial charge in [-0.1, -0.05) is 44.4 Å². The fourth-order valence-corrected chi connectivity index (χ4v) is 2.65. The Labute approximate surface area is 109 Å². The van der Waals surface area contributed by atoms with Crippen LogP contribution in [0, 0.1) is 5.41 Å². The van der Waals surface area contributed by atoms with Crippen LogP contribution in [0.25, 0.3) is 0 Å². The zero-order chi connectivity index (χ0) is 13.0. The van der Waals surface area contributed by atoms with Crippen LogP contribution < -0.4 is 11.1 Å². The molecule has 98 valence electrons. The molecular weight excluding hydrogens is 224 g/mol. The number of benzene rings is 1. The lowest BCUT2D eigenvalue weighted by Crippen LogP contribution is -2.35. The fraction of sp³-hybridized carbons (Fsp3) is 0.533. The quantitative estimate of drug-likeness (QED) is 0.861. The first-order valence-electron chi connectivity index (χ1n) is 6.75. The van der Waals surface area contributed by atoms with Gasteiger partial charge < -0.3 is 11.1 Å². The van der Waals surface area contributed by atoms with Gasteiger partial charge in [-0.15, -0.1) is 0 Å². The van der Waals surface area contributed by atoms with Crippen molar-refractivity contribution in [1.29, 1.82) is 0 Å². The van der Waals surface area contributed by atoms with Gasteiger partial charge in [0.15, 0.2) is 0 Å². The summed E-state index contributed by atoms with van der Waals surface area (Å²) in [7, 11) is 0. The Balaban J connectivity index is 2.10. The lowest BCUT2D eigenvalue weighted by molar-refractivity contribution is -0.126. The Hall–Kier alpha value is -1.35. The van der Waals surface area contributed by atoms with E-state index in [1.54, 1.807) is 0 Å². The van der Waals surface area contributed by atoms with Gasteiger partial charge in [-0.3, -0.25) is 4.79 Å². The Morgan fingerprint density at radius 1 is 1.28 bits per heavy atom. The molecule has 1 fully saturated rings. The molecule has 1 saturated carbocycles. The first-order valence-corrected chi connectivity index (χ1v) is 6.75. The highest BCUT2D eigenvalue weighted by molar-refractivity contribution is 5.95. The first kappa shape index (κ1) is 13.1. The van der Waals surface area contributed by atoms with E-state index in [0.29, 0.717) is 6.54 Å². The molecule has 3 N–H and O–H groups in total. The molecule has 0 bridgehead atoms. The Bertz CT molecular complexity index is 422. The van der Waals surface area contributed by atoms with Gasteiger partial charge in [0.1, 0.15) is 0 Å². The monoisotopic (exact) mass is 246 g/mol. The van der Waals surface area contributed by atoms with Crippen LogP contribution in [0.4, 0.5) is 5.69 Å². The summed E-state index contributed by atoms with van der Waals surface area (Å²) >= 11 is 0. The van der Waals surface area contributed by atoms with E-state index in [9.17, 15) is 4.79 Å². The molecule has 3 heteroatoms. The van der Waals surface area contributed by atoms with E-state index in [4.69, 9.17) is 5.73 Å². The number of nitrogens with two attached hydrogens (primary N) is 1. The van der Waals surface area contributed by atoms with Gasteiger partial charge in [-0.05, 0) is 24.5 Å². The molecule has 0 saturated heterocycles. The fourth-order valence-electron chi connectivity index (χ4n) is 2.65. The standard InChI is InChI=1S/C15H22N2O/c1-15(9-5-2-6-10-15)14(18)17-13-8-4-3-7-12(13)11-16/h3-4,7-8H,2,5-6,9-11,16H2,1H3,(H,17,18). The molecule has 0 heterocycles. The van der Waals surface area contributed by atoms with Crippen molar-refractivity contribution in [3.05, 3.63) is 29.8 Å². The van der Waals surface area contributed by atoms with E-state index in [2.05, 4.69) is 12.2 Å². The number of anilines is 1. The van der Waals surface area contributed by atoms with Crippen LogP contribution in [0.3, 0.4) is 0 Å². The molecule has 1 aliphatic rings. The topological polar surface area (TPSA) is 55.1 Å². The lowest BCUT2D eigenvalue weighted by Gasteiger charge is -2.32. The molecule has 0 aromatic heterocycles. The zero-order valence-electron chi connectivity index (χ0n) is 11.0. The minimum absolute atomic E-state index is 0.142. The van der Waals surface area contributed by atoms with Crippen molar-refractivity contribution in [2.45, 2.75) is 45.6 Å². The molecule has 0 aliphatic heterocycles. The molecule has 0 spiro atoms. The summed E-state index contributed by atoms with van der Waals surface area (Å²) in [6, 6.07) is 7.75. The second kappa shape index (κ2) is 5.53. The number of nitrogens with one attached hydrogen (secondary N) is 1. The van der Waals surface area contributed by atoms with Crippen molar-refractivity contribution in [2.75, 3.05) is 5.32 Å². The minimum atomic E-state index is -0.208. The maximum atomic E-state index is 12.4. The van der Waals surface area contributed by atoms with Gasteiger partial charge in [0.25, 0.3) is 0 Å². The second-order valence-corrected chi connectivity index (χ2v) is 5.44. The van der Waals surface area contributed by atoms with Crippen molar-refractivity contribution >= 4 is 11.6 Å². The largest absolute Gasteiger partial charge is 0.326 e. The summed E-state index contributed by atoms with van der Waals surface area (Å²) in [5.41, 5.74) is 7.33. The molecule has 1 aromatic carbocycles. The van der Waals surface area contributed by atoms with Crippen LogP contribution in [-0.2, 0) is 11.3 Å². The van der Waals surface area contributed by atoms with Crippen LogP contribution in [0.15, 0.2) is 24.3 Å². The van der Waals surface area contributed by atoms with Crippen molar-refractivity contribution in [1.82, 2.24) is 0 Å². The van der Waals surface area contributed by atoms with Crippen molar-refractivity contribution < 1.29 is 4.79 Å². The number of carbonyl (C=O) groups is 1. The van der Waals surface area contributed by atoms with Crippen LogP contribution in [-0.4, -0.2) is 5.91 Å². The van der Waals surface area contributed by atoms with Crippen molar-refractivity contribution in [2.24, 2.45) is 11.1 Å². The van der Waals surface area contributed by atoms with Gasteiger partial charge in [0.05, 0.1) is 0 Å². The predicted octanol–water partition coefficient (Wildman–Crippen LogP) is 3.05. The molecule has 1 aliphatic carbocycles. The second-order valence-electron chi connectivity index (χ2n) is 5.44. The summed E-state index contributed by atoms with van der Waals surface area (Å²) in [6.45, 7) is 2.53. The van der Waals surface area contributed by atoms with E-state index < -0.39 is 0 Å². The van der Waals surface area contributed by atoms with Crippen LogP contribution in [0.2, 0.25) is 0 Å². The highest BCUT2D eigenvalue weighted by Gasteiger charge is 2.34. The third-order valence-electron chi connectivity index (χ3n) is 3.99. The molecular formula is C15H22N2O. The summed E-state index contributed by atoms with van der Waals surface area (Å²) in [6.07, 6.45) is 5.54. The van der Waals surface area contributed by atoms with E-state index in [1.807, 2.05) is 24.3 Å². The lowest BCUT2D eigenvalue weighted by atomic mass is 9.75. The van der Waals surface area contributed by atoms with E-state index in [-0.39, 0.29) is 11.3 Å². The van der Waals surface area contributed by atoms with E-state index in [1.165, 1.54) is 6.42 Å². The van der Waals surface area contributed by atoms with Gasteiger partial charge in [0, 0.05) is 17.6 Å². The molecule has 1 amide bonds. The van der Waals surface area contributed by atoms with Crippen molar-refractivity contribution in [3.8, 4) is 0 Å². The number of rotatable bonds is 3. The van der Waals surface area contributed by atoms with Gasteiger partial charge in [-0.2, -0.15) is 0 Å². The summed E-state index contributed by atoms with van der Waals surface area (Å²) < 4.78 is 0. The normalized spacial score (nSPS) is 18.3. The van der Waals surface area contributed by atoms with Gasteiger partial charge >= 0.3 is 0 Å². The maximum Gasteiger partial charge on any atom is 0.230 e. The third kappa shape index (κ3) is 2.72. The Kier molecular flexibility index (Phi) is 4.02. The molecule has 0 atom stereocenters. The SMILES string of the molecule is CC1(C(=O)Nc2ccccc2CN)CCCCC1. The zero-order valence-corrected chi connectivity index (χ0v) is 11.0. The molecule has 1 aromatic rings. The minimum Gasteiger partial charge on any atom is -0.326 e. The van der Waals surface area contributed by atoms with Gasteiger partial charge in [-0.25, -0.2) is 0 Å². The molecule has 2 rings (SSSR count). The first-order chi connectivity index (χ1) is 8.65. The highest BCUT2D eigenvalue weighted by atomic mass is 16.2. The predicted molar refractivity (Wildman–Crippen MR) is 74.2 cm³/mol. The maximum absolute atomic E-state index is 12.4. The molecule has 3 nitrogen and oxygen atoms in total. The Morgan fingerprint density at radius 3 is 2.61 bits per heavy atom. The van der Waals surface area contributed by atoms with Crippen LogP contribution in [0.1, 0.15) is 44.6 Å². The number of carbonyl (C=O) groups excluding carboxylic acids is 1. The highest BCUT2D eigenvalue weighted by Crippen LogP contribution is 2.36. The number of para-hydroxylation sites is 1. The van der Waals surface area contributed by atoms with E-state index in [0.717, 1.165) is 36.9 Å². The number of hydrogen-bond acceptors (Lipinski definition) is 2. The van der Waals surface area contributed by atoms with Gasteiger partial charge in [0.2, 0.25) is 5.91 Å². The van der Waals surface area contributed by atoms with Crippen molar-refractivity contribution in [3.63, 3.8) is 0 Å². The average Bonchev–Trinajstić information content (AvgIpc) is 2.40. The summed E-state index contributed by atoms with van der Waals surface area (Å²) in [5, 5.41) is 3.05. The summed E-state index contributed by atoms with van der Waals surface area (Å²) in [5.74, 6) is 0.142. The van der Waals surface area contributed by atoms with Crippen LogP contribution in [0.5, 0.6) is 0 Å². The third-order valence-corrected chi connectivity index (χ3v) is 3.99. The number of hydrogen-bond donors (Lipinski definition) is 2. The molecule has 0 radical (unpaired) electrons. The average molecular weight is 246 g/mol. The Morgan fingerprint density at radius 2 is 1.94 bits per heavy atom. The molecule has 0 unspecified atom stereocenters. The smallest absolute Gasteiger partial charge is 0.230 e. The van der Waals surface area contributed by atoms with Crippen LogP contribution >= 0.6 is 0 Å². The van der Waals surface area contributed by atoms with E-state index >= 15 is 0 Å². The molecule has 18 heavy (non-hydrogen) atoms. The number of amides is 1. The summed E-state index contributed by atoms with van der Waals surface area (Å²) in [4.78, 5) is 12.4.